The maximum atomic E-state index is 13.1. The zero-order valence-corrected chi connectivity index (χ0v) is 8.76. The Hall–Kier alpha value is -1.11. The molecule has 0 aliphatic carbocycles. The van der Waals surface area contributed by atoms with Crippen molar-refractivity contribution < 1.29 is 23.1 Å². The van der Waals surface area contributed by atoms with Crippen molar-refractivity contribution in [3.05, 3.63) is 27.7 Å². The molecule has 1 aromatic rings. The summed E-state index contributed by atoms with van der Waals surface area (Å²) in [5, 5.41) is 8.44. The van der Waals surface area contributed by atoms with E-state index in [4.69, 9.17) is 5.11 Å². The van der Waals surface area contributed by atoms with Crippen LogP contribution in [0.3, 0.4) is 0 Å². The second-order valence-corrected chi connectivity index (χ2v) is 3.41. The van der Waals surface area contributed by atoms with E-state index in [9.17, 15) is 18.0 Å². The van der Waals surface area contributed by atoms with Crippen molar-refractivity contribution in [1.29, 1.82) is 0 Å². The van der Waals surface area contributed by atoms with Crippen molar-refractivity contribution in [2.45, 2.75) is 12.8 Å². The van der Waals surface area contributed by atoms with Gasteiger partial charge in [-0.25, -0.2) is 18.2 Å². The molecule has 3 nitrogen and oxygen atoms in total. The Bertz CT molecular complexity index is 398. The summed E-state index contributed by atoms with van der Waals surface area (Å²) in [6.07, 6.45) is -3.07. The third-order valence-electron chi connectivity index (χ3n) is 1.67. The van der Waals surface area contributed by atoms with E-state index in [1.54, 1.807) is 0 Å². The molecule has 0 aromatic carbocycles. The number of carbonyl (C=O) groups is 1. The molecule has 1 N–H and O–H groups in total. The first-order valence-electron chi connectivity index (χ1n) is 3.76. The Labute approximate surface area is 91.1 Å². The molecule has 0 radical (unpaired) electrons. The number of alkyl halides is 2. The fourth-order valence-corrected chi connectivity index (χ4v) is 1.58. The van der Waals surface area contributed by atoms with E-state index >= 15 is 0 Å². The van der Waals surface area contributed by atoms with Gasteiger partial charge in [-0.2, -0.15) is 0 Å². The lowest BCUT2D eigenvalue weighted by Crippen LogP contribution is -2.08. The zero-order valence-electron chi connectivity index (χ0n) is 7.18. The molecule has 1 aromatic heterocycles. The number of carboxylic acids is 1. The van der Waals surface area contributed by atoms with Gasteiger partial charge in [-0.15, -0.1) is 0 Å². The summed E-state index contributed by atoms with van der Waals surface area (Å²) in [6.45, 7) is 0. The van der Waals surface area contributed by atoms with Crippen LogP contribution in [0.15, 0.2) is 10.8 Å². The van der Waals surface area contributed by atoms with Crippen LogP contribution in [-0.2, 0) is 11.2 Å². The summed E-state index contributed by atoms with van der Waals surface area (Å²) in [5.74, 6) is -2.43. The molecule has 0 saturated heterocycles. The van der Waals surface area contributed by atoms with Gasteiger partial charge in [0.25, 0.3) is 6.43 Å². The summed E-state index contributed by atoms with van der Waals surface area (Å²) in [5.41, 5.74) is -1.25. The highest BCUT2D eigenvalue weighted by molar-refractivity contribution is 9.10. The lowest BCUT2D eigenvalue weighted by Gasteiger charge is -2.09. The molecule has 0 aliphatic heterocycles. The predicted octanol–water partition coefficient (Wildman–Crippen LogP) is 2.55. The molecule has 0 fully saturated rings. The Morgan fingerprint density at radius 2 is 2.20 bits per heavy atom. The third kappa shape index (κ3) is 2.68. The third-order valence-corrected chi connectivity index (χ3v) is 2.31. The van der Waals surface area contributed by atoms with Crippen LogP contribution in [-0.4, -0.2) is 16.1 Å². The number of aliphatic carboxylic acids is 1. The minimum absolute atomic E-state index is 0.241. The molecule has 0 aliphatic rings. The number of hydrogen-bond donors (Lipinski definition) is 1. The lowest BCUT2D eigenvalue weighted by molar-refractivity contribution is -0.136. The fraction of sp³-hybridized carbons (Fsp3) is 0.250. The minimum Gasteiger partial charge on any atom is -0.481 e. The average molecular weight is 284 g/mol. The molecular weight excluding hydrogens is 279 g/mol. The number of halogens is 4. The highest BCUT2D eigenvalue weighted by Gasteiger charge is 2.22. The molecule has 15 heavy (non-hydrogen) atoms. The monoisotopic (exact) mass is 283 g/mol. The maximum Gasteiger partial charge on any atom is 0.307 e. The quantitative estimate of drug-likeness (QED) is 0.868. The Balaban J connectivity index is 3.31. The van der Waals surface area contributed by atoms with Gasteiger partial charge in [0, 0.05) is 5.56 Å². The Morgan fingerprint density at radius 1 is 1.60 bits per heavy atom. The van der Waals surface area contributed by atoms with Crippen molar-refractivity contribution in [3.63, 3.8) is 0 Å². The Morgan fingerprint density at radius 3 is 2.67 bits per heavy atom. The van der Waals surface area contributed by atoms with Gasteiger partial charge in [0.2, 0.25) is 0 Å². The number of carboxylic acid groups (broad SMARTS) is 1. The smallest absolute Gasteiger partial charge is 0.307 e. The van der Waals surface area contributed by atoms with Gasteiger partial charge in [0.1, 0.15) is 10.4 Å². The highest BCUT2D eigenvalue weighted by Crippen LogP contribution is 2.30. The van der Waals surface area contributed by atoms with E-state index < -0.39 is 35.8 Å². The van der Waals surface area contributed by atoms with Crippen LogP contribution in [0.2, 0.25) is 0 Å². The van der Waals surface area contributed by atoms with Crippen molar-refractivity contribution in [2.24, 2.45) is 0 Å². The van der Waals surface area contributed by atoms with Gasteiger partial charge in [-0.1, -0.05) is 0 Å². The van der Waals surface area contributed by atoms with Crippen LogP contribution in [0.5, 0.6) is 0 Å². The largest absolute Gasteiger partial charge is 0.481 e. The summed E-state index contributed by atoms with van der Waals surface area (Å²) in [6, 6.07) is 0. The molecule has 0 saturated carbocycles. The molecule has 1 rings (SSSR count). The van der Waals surface area contributed by atoms with Crippen LogP contribution in [0.25, 0.3) is 0 Å². The Kier molecular flexibility index (Phi) is 3.67. The lowest BCUT2D eigenvalue weighted by atomic mass is 10.1. The summed E-state index contributed by atoms with van der Waals surface area (Å²) in [7, 11) is 0. The second kappa shape index (κ2) is 4.61. The molecule has 1 heterocycles. The number of aromatic nitrogens is 1. The molecule has 7 heteroatoms. The van der Waals surface area contributed by atoms with E-state index in [1.807, 2.05) is 0 Å². The first-order chi connectivity index (χ1) is 6.93. The van der Waals surface area contributed by atoms with Gasteiger partial charge in [0.15, 0.2) is 0 Å². The van der Waals surface area contributed by atoms with Crippen LogP contribution in [0.4, 0.5) is 13.2 Å². The van der Waals surface area contributed by atoms with E-state index in [-0.39, 0.29) is 4.60 Å². The van der Waals surface area contributed by atoms with E-state index in [0.29, 0.717) is 6.20 Å². The average Bonchev–Trinajstić information content (AvgIpc) is 2.10. The first kappa shape index (κ1) is 12.0. The standard InChI is InChI=1S/C8H5BrF3NO2/c9-7-6(8(11)12)3(1-5(14)15)4(10)2-13-7/h2,8H,1H2,(H,14,15). The van der Waals surface area contributed by atoms with E-state index in [0.717, 1.165) is 0 Å². The van der Waals surface area contributed by atoms with Gasteiger partial charge in [-0.05, 0) is 15.9 Å². The first-order valence-corrected chi connectivity index (χ1v) is 4.55. The van der Waals surface area contributed by atoms with E-state index in [2.05, 4.69) is 20.9 Å². The zero-order chi connectivity index (χ0) is 11.6. The molecule has 0 atom stereocenters. The van der Waals surface area contributed by atoms with Crippen LogP contribution >= 0.6 is 15.9 Å². The number of hydrogen-bond acceptors (Lipinski definition) is 2. The van der Waals surface area contributed by atoms with Crippen LogP contribution in [0, 0.1) is 5.82 Å². The summed E-state index contributed by atoms with van der Waals surface area (Å²) < 4.78 is 37.8. The number of pyridine rings is 1. The maximum absolute atomic E-state index is 13.1. The van der Waals surface area contributed by atoms with Gasteiger partial charge < -0.3 is 5.11 Å². The second-order valence-electron chi connectivity index (χ2n) is 2.66. The predicted molar refractivity (Wildman–Crippen MR) is 48.2 cm³/mol. The summed E-state index contributed by atoms with van der Waals surface area (Å²) >= 11 is 2.72. The number of rotatable bonds is 3. The molecule has 0 bridgehead atoms. The van der Waals surface area contributed by atoms with Crippen LogP contribution in [0.1, 0.15) is 17.6 Å². The normalized spacial score (nSPS) is 10.7. The van der Waals surface area contributed by atoms with Crippen molar-refractivity contribution in [3.8, 4) is 0 Å². The highest BCUT2D eigenvalue weighted by atomic mass is 79.9. The van der Waals surface area contributed by atoms with Crippen molar-refractivity contribution in [2.75, 3.05) is 0 Å². The van der Waals surface area contributed by atoms with Crippen molar-refractivity contribution >= 4 is 21.9 Å². The molecule has 82 valence electrons. The van der Waals surface area contributed by atoms with Gasteiger partial charge in [-0.3, -0.25) is 4.79 Å². The van der Waals surface area contributed by atoms with Crippen molar-refractivity contribution in [1.82, 2.24) is 4.98 Å². The van der Waals surface area contributed by atoms with Gasteiger partial charge >= 0.3 is 5.97 Å². The molecule has 0 unspecified atom stereocenters. The van der Waals surface area contributed by atoms with Crippen LogP contribution < -0.4 is 0 Å². The topological polar surface area (TPSA) is 50.2 Å². The molecular formula is C8H5BrF3NO2. The number of nitrogens with zero attached hydrogens (tertiary/aromatic N) is 1. The molecule has 0 amide bonds. The summed E-state index contributed by atoms with van der Waals surface area (Å²) in [4.78, 5) is 13.7. The molecule has 0 spiro atoms. The minimum atomic E-state index is -2.98. The SMILES string of the molecule is O=C(O)Cc1c(F)cnc(Br)c1C(F)F. The van der Waals surface area contributed by atoms with E-state index in [1.165, 1.54) is 0 Å². The van der Waals surface area contributed by atoms with Gasteiger partial charge in [0.05, 0.1) is 18.2 Å². The fourth-order valence-electron chi connectivity index (χ4n) is 1.07.